The Morgan fingerprint density at radius 1 is 0.684 bits per heavy atom. The second-order valence-electron chi connectivity index (χ2n) is 2.22. The molecular weight excluding hydrogens is 242 g/mol. The van der Waals surface area contributed by atoms with Gasteiger partial charge >= 0.3 is 0 Å². The highest BCUT2D eigenvalue weighted by atomic mass is 14.9. The smallest absolute Gasteiger partial charge is 0.0587 e. The van der Waals surface area contributed by atoms with Crippen LogP contribution >= 0.6 is 0 Å². The van der Waals surface area contributed by atoms with Crippen LogP contribution in [0.15, 0.2) is 0 Å². The number of hydrogen-bond acceptors (Lipinski definition) is 7. The van der Waals surface area contributed by atoms with Gasteiger partial charge in [0.2, 0.25) is 0 Å². The molecule has 0 atom stereocenters. The van der Waals surface area contributed by atoms with Gasteiger partial charge in [-0.25, -0.2) is 0 Å². The predicted octanol–water partition coefficient (Wildman–Crippen LogP) is 0.613. The quantitative estimate of drug-likeness (QED) is 0.629. The van der Waals surface area contributed by atoms with Gasteiger partial charge in [-0.1, -0.05) is 0 Å². The van der Waals surface area contributed by atoms with E-state index in [-0.39, 0.29) is 0 Å². The first-order valence-corrected chi connectivity index (χ1v) is 5.42. The molecular formula is C12H25N7. The fraction of sp³-hybridized carbons (Fsp3) is 0.667. The van der Waals surface area contributed by atoms with Crippen LogP contribution in [0, 0.1) is 45.3 Å². The summed E-state index contributed by atoms with van der Waals surface area (Å²) in [6.45, 7) is 8.86. The highest BCUT2D eigenvalue weighted by Crippen LogP contribution is 1.49. The second kappa shape index (κ2) is 74.6. The van der Waals surface area contributed by atoms with E-state index in [2.05, 4.69) is 5.32 Å². The van der Waals surface area contributed by atoms with Crippen LogP contribution < -0.4 is 16.8 Å². The van der Waals surface area contributed by atoms with Crippen molar-refractivity contribution in [3.63, 3.8) is 0 Å². The van der Waals surface area contributed by atoms with Crippen molar-refractivity contribution in [2.24, 2.45) is 11.5 Å². The van der Waals surface area contributed by atoms with Crippen molar-refractivity contribution in [3.05, 3.63) is 0 Å². The Balaban J connectivity index is -0.0000000467. The molecule has 0 amide bonds. The van der Waals surface area contributed by atoms with Gasteiger partial charge in [0, 0.05) is 53.9 Å². The van der Waals surface area contributed by atoms with E-state index in [0.717, 1.165) is 13.1 Å². The molecule has 0 fully saturated rings. The summed E-state index contributed by atoms with van der Waals surface area (Å²) in [5.41, 5.74) is 10.3. The molecule has 0 aliphatic rings. The maximum absolute atomic E-state index is 7.32. The Kier molecular flexibility index (Phi) is 118. The molecule has 0 aliphatic heterocycles. The SMILES string of the molecule is CC#N.CC#N.CC#N.CC#N.NCCNCCN. The predicted molar refractivity (Wildman–Crippen MR) is 76.1 cm³/mol. The summed E-state index contributed by atoms with van der Waals surface area (Å²) in [6, 6.07) is 7.00. The van der Waals surface area contributed by atoms with Gasteiger partial charge in [0.25, 0.3) is 0 Å². The molecule has 0 bridgehead atoms. The van der Waals surface area contributed by atoms with Crippen LogP contribution in [-0.4, -0.2) is 26.2 Å². The van der Waals surface area contributed by atoms with E-state index >= 15 is 0 Å². The first kappa shape index (κ1) is 30.1. The van der Waals surface area contributed by atoms with Gasteiger partial charge in [-0.05, 0) is 0 Å². The third-order valence-electron chi connectivity index (χ3n) is 0.642. The van der Waals surface area contributed by atoms with Crippen molar-refractivity contribution >= 4 is 0 Å². The number of hydrogen-bond donors (Lipinski definition) is 3. The van der Waals surface area contributed by atoms with Crippen molar-refractivity contribution in [2.45, 2.75) is 27.7 Å². The fourth-order valence-corrected chi connectivity index (χ4v) is 0.329. The third kappa shape index (κ3) is 896. The van der Waals surface area contributed by atoms with Crippen LogP contribution in [0.1, 0.15) is 27.7 Å². The standard InChI is InChI=1S/C4H13N3.4C2H3N/c5-1-3-7-4-2-6;4*1-2-3/h7H,1-6H2;4*1H3. The van der Waals surface area contributed by atoms with E-state index < -0.39 is 0 Å². The van der Waals surface area contributed by atoms with Crippen LogP contribution in [0.25, 0.3) is 0 Å². The molecule has 0 aromatic carbocycles. The van der Waals surface area contributed by atoms with Gasteiger partial charge in [-0.15, -0.1) is 0 Å². The number of nitrogens with zero attached hydrogens (tertiary/aromatic N) is 4. The summed E-state index contributed by atoms with van der Waals surface area (Å²) in [5, 5.41) is 32.3. The number of nitrogens with one attached hydrogen (secondary N) is 1. The average Bonchev–Trinajstić information content (AvgIpc) is 2.34. The van der Waals surface area contributed by atoms with E-state index in [1.54, 1.807) is 24.3 Å². The molecule has 108 valence electrons. The van der Waals surface area contributed by atoms with Crippen molar-refractivity contribution in [1.82, 2.24) is 5.32 Å². The van der Waals surface area contributed by atoms with Crippen molar-refractivity contribution in [3.8, 4) is 24.3 Å². The fourth-order valence-electron chi connectivity index (χ4n) is 0.329. The molecule has 0 unspecified atom stereocenters. The van der Waals surface area contributed by atoms with E-state index in [4.69, 9.17) is 32.5 Å². The molecule has 0 aromatic heterocycles. The highest BCUT2D eigenvalue weighted by Gasteiger charge is 1.76. The molecule has 0 rings (SSSR count). The molecule has 0 heterocycles. The van der Waals surface area contributed by atoms with Gasteiger partial charge in [0.15, 0.2) is 0 Å². The van der Waals surface area contributed by atoms with Crippen molar-refractivity contribution in [2.75, 3.05) is 26.2 Å². The molecule has 5 N–H and O–H groups in total. The monoisotopic (exact) mass is 267 g/mol. The molecule has 0 aromatic rings. The topological polar surface area (TPSA) is 159 Å². The second-order valence-corrected chi connectivity index (χ2v) is 2.22. The van der Waals surface area contributed by atoms with Crippen LogP contribution in [0.3, 0.4) is 0 Å². The van der Waals surface area contributed by atoms with Crippen LogP contribution in [0.5, 0.6) is 0 Å². The zero-order valence-corrected chi connectivity index (χ0v) is 12.3. The van der Waals surface area contributed by atoms with E-state index in [1.165, 1.54) is 27.7 Å². The molecule has 7 nitrogen and oxygen atoms in total. The highest BCUT2D eigenvalue weighted by molar-refractivity contribution is 4.51. The molecule has 0 radical (unpaired) electrons. The van der Waals surface area contributed by atoms with Crippen LogP contribution in [-0.2, 0) is 0 Å². The minimum Gasteiger partial charge on any atom is -0.329 e. The lowest BCUT2D eigenvalue weighted by atomic mass is 10.6. The summed E-state index contributed by atoms with van der Waals surface area (Å²) >= 11 is 0. The van der Waals surface area contributed by atoms with Crippen LogP contribution in [0.2, 0.25) is 0 Å². The normalized spacial score (nSPS) is 5.16. The van der Waals surface area contributed by atoms with E-state index in [9.17, 15) is 0 Å². The summed E-state index contributed by atoms with van der Waals surface area (Å²) in [7, 11) is 0. The van der Waals surface area contributed by atoms with Crippen LogP contribution in [0.4, 0.5) is 0 Å². The Morgan fingerprint density at radius 2 is 0.842 bits per heavy atom. The van der Waals surface area contributed by atoms with Gasteiger partial charge in [0.1, 0.15) is 0 Å². The number of rotatable bonds is 4. The zero-order valence-electron chi connectivity index (χ0n) is 12.3. The molecule has 0 spiro atoms. The largest absolute Gasteiger partial charge is 0.329 e. The minimum absolute atomic E-state index is 0.694. The first-order chi connectivity index (χ1) is 9.07. The van der Waals surface area contributed by atoms with Gasteiger partial charge in [-0.3, -0.25) is 0 Å². The number of nitriles is 4. The average molecular weight is 267 g/mol. The van der Waals surface area contributed by atoms with E-state index in [1.807, 2.05) is 0 Å². The maximum atomic E-state index is 7.32. The van der Waals surface area contributed by atoms with Gasteiger partial charge in [-0.2, -0.15) is 21.0 Å². The third-order valence-corrected chi connectivity index (χ3v) is 0.642. The molecule has 7 heteroatoms. The lowest BCUT2D eigenvalue weighted by Crippen LogP contribution is -2.27. The molecule has 0 saturated heterocycles. The summed E-state index contributed by atoms with van der Waals surface area (Å²) in [6.07, 6.45) is 0. The first-order valence-electron chi connectivity index (χ1n) is 5.42. The molecule has 0 aliphatic carbocycles. The van der Waals surface area contributed by atoms with Crippen molar-refractivity contribution in [1.29, 1.82) is 21.0 Å². The Morgan fingerprint density at radius 3 is 0.947 bits per heavy atom. The Hall–Kier alpha value is -2.16. The van der Waals surface area contributed by atoms with Gasteiger partial charge < -0.3 is 16.8 Å². The minimum atomic E-state index is 0.694. The summed E-state index contributed by atoms with van der Waals surface area (Å²) in [4.78, 5) is 0. The summed E-state index contributed by atoms with van der Waals surface area (Å²) in [5.74, 6) is 0. The van der Waals surface area contributed by atoms with Crippen molar-refractivity contribution < 1.29 is 0 Å². The van der Waals surface area contributed by atoms with Gasteiger partial charge in [0.05, 0.1) is 24.3 Å². The lowest BCUT2D eigenvalue weighted by molar-refractivity contribution is 0.696. The molecule has 19 heavy (non-hydrogen) atoms. The van der Waals surface area contributed by atoms with E-state index in [0.29, 0.717) is 13.1 Å². The zero-order chi connectivity index (χ0) is 16.4. The maximum Gasteiger partial charge on any atom is 0.0587 e. The molecule has 0 saturated carbocycles. The lowest BCUT2D eigenvalue weighted by Gasteiger charge is -1.95. The Bertz CT molecular complexity index is 210. The number of nitrogens with two attached hydrogens (primary N) is 2. The Labute approximate surface area is 117 Å². The summed E-state index contributed by atoms with van der Waals surface area (Å²) < 4.78 is 0.